The molecule has 0 aromatic carbocycles. The molecule has 9 heteroatoms. The zero-order valence-electron chi connectivity index (χ0n) is 13.2. The second kappa shape index (κ2) is 6.25. The number of nitrogens with one attached hydrogen (secondary N) is 1. The van der Waals surface area contributed by atoms with Crippen molar-refractivity contribution >= 4 is 15.8 Å². The molecule has 0 bridgehead atoms. The van der Waals surface area contributed by atoms with Crippen LogP contribution in [0.3, 0.4) is 0 Å². The third-order valence-corrected chi connectivity index (χ3v) is 5.86. The van der Waals surface area contributed by atoms with E-state index in [2.05, 4.69) is 20.3 Å². The molecule has 0 atom stereocenters. The van der Waals surface area contributed by atoms with E-state index in [4.69, 9.17) is 0 Å². The van der Waals surface area contributed by atoms with E-state index < -0.39 is 10.0 Å². The standard InChI is InChI=1S/C14H20N6O2S/c1-11-9-13(17-10-16-11)18-12-3-6-20(7-4-12)23(21,22)14-15-5-8-19(14)2/h5,8-10,12H,3-4,6-7H2,1-2H3,(H,16,17,18). The lowest BCUT2D eigenvalue weighted by molar-refractivity contribution is 0.326. The van der Waals surface area contributed by atoms with Crippen LogP contribution in [0.5, 0.6) is 0 Å². The van der Waals surface area contributed by atoms with Gasteiger partial charge in [0.15, 0.2) is 0 Å². The number of anilines is 1. The van der Waals surface area contributed by atoms with Crippen molar-refractivity contribution in [2.45, 2.75) is 31.0 Å². The van der Waals surface area contributed by atoms with Gasteiger partial charge < -0.3 is 9.88 Å². The van der Waals surface area contributed by atoms with Gasteiger partial charge in [-0.25, -0.2) is 23.4 Å². The van der Waals surface area contributed by atoms with Crippen molar-refractivity contribution in [2.24, 2.45) is 7.05 Å². The van der Waals surface area contributed by atoms with Gasteiger partial charge in [0, 0.05) is 50.3 Å². The Balaban J connectivity index is 1.63. The van der Waals surface area contributed by atoms with Crippen LogP contribution in [0, 0.1) is 6.92 Å². The van der Waals surface area contributed by atoms with Crippen molar-refractivity contribution in [2.75, 3.05) is 18.4 Å². The molecule has 1 saturated heterocycles. The molecular weight excluding hydrogens is 316 g/mol. The van der Waals surface area contributed by atoms with Crippen LogP contribution in [0.15, 0.2) is 29.9 Å². The Morgan fingerprint density at radius 3 is 2.57 bits per heavy atom. The summed E-state index contributed by atoms with van der Waals surface area (Å²) in [5.74, 6) is 0.780. The van der Waals surface area contributed by atoms with Crippen LogP contribution in [0.4, 0.5) is 5.82 Å². The average molecular weight is 336 g/mol. The minimum Gasteiger partial charge on any atom is -0.367 e. The van der Waals surface area contributed by atoms with E-state index in [9.17, 15) is 8.42 Å². The number of sulfonamides is 1. The number of piperidine rings is 1. The van der Waals surface area contributed by atoms with Gasteiger partial charge in [-0.15, -0.1) is 0 Å². The minimum absolute atomic E-state index is 0.0929. The van der Waals surface area contributed by atoms with E-state index in [1.165, 1.54) is 21.4 Å². The van der Waals surface area contributed by atoms with E-state index >= 15 is 0 Å². The summed E-state index contributed by atoms with van der Waals surface area (Å²) >= 11 is 0. The first-order chi connectivity index (χ1) is 11.0. The quantitative estimate of drug-likeness (QED) is 0.887. The molecular formula is C14H20N6O2S. The lowest BCUT2D eigenvalue weighted by Gasteiger charge is -2.31. The van der Waals surface area contributed by atoms with Crippen molar-refractivity contribution in [1.82, 2.24) is 23.8 Å². The summed E-state index contributed by atoms with van der Waals surface area (Å²) in [4.78, 5) is 12.2. The summed E-state index contributed by atoms with van der Waals surface area (Å²) in [5.41, 5.74) is 0.900. The number of imidazole rings is 1. The highest BCUT2D eigenvalue weighted by atomic mass is 32.2. The van der Waals surface area contributed by atoms with Crippen molar-refractivity contribution in [3.8, 4) is 0 Å². The van der Waals surface area contributed by atoms with Gasteiger partial charge in [-0.2, -0.15) is 4.31 Å². The molecule has 0 spiro atoms. The molecule has 0 unspecified atom stereocenters. The number of aromatic nitrogens is 4. The lowest BCUT2D eigenvalue weighted by atomic mass is 10.1. The van der Waals surface area contributed by atoms with Gasteiger partial charge >= 0.3 is 0 Å². The van der Waals surface area contributed by atoms with Crippen LogP contribution >= 0.6 is 0 Å². The molecule has 3 rings (SSSR count). The molecule has 2 aromatic rings. The Kier molecular flexibility index (Phi) is 4.31. The molecule has 0 saturated carbocycles. The van der Waals surface area contributed by atoms with Crippen LogP contribution in [0.2, 0.25) is 0 Å². The van der Waals surface area contributed by atoms with Crippen LogP contribution in [-0.4, -0.2) is 51.4 Å². The topological polar surface area (TPSA) is 93.0 Å². The average Bonchev–Trinajstić information content (AvgIpc) is 2.95. The fourth-order valence-electron chi connectivity index (χ4n) is 2.70. The summed E-state index contributed by atoms with van der Waals surface area (Å²) in [6, 6.07) is 2.09. The maximum absolute atomic E-state index is 12.6. The van der Waals surface area contributed by atoms with Gasteiger partial charge in [-0.3, -0.25) is 0 Å². The first-order valence-corrected chi connectivity index (χ1v) is 8.93. The molecule has 124 valence electrons. The second-order valence-electron chi connectivity index (χ2n) is 5.69. The SMILES string of the molecule is Cc1cc(NC2CCN(S(=O)(=O)c3nccn3C)CC2)ncn1. The number of nitrogens with zero attached hydrogens (tertiary/aromatic N) is 5. The van der Waals surface area contributed by atoms with E-state index in [0.717, 1.165) is 24.4 Å². The Morgan fingerprint density at radius 2 is 1.96 bits per heavy atom. The highest BCUT2D eigenvalue weighted by Crippen LogP contribution is 2.21. The monoisotopic (exact) mass is 336 g/mol. The van der Waals surface area contributed by atoms with Crippen molar-refractivity contribution in [3.63, 3.8) is 0 Å². The largest absolute Gasteiger partial charge is 0.367 e. The third-order valence-electron chi connectivity index (χ3n) is 3.96. The molecule has 1 aliphatic rings. The molecule has 0 aliphatic carbocycles. The van der Waals surface area contributed by atoms with Crippen LogP contribution < -0.4 is 5.32 Å². The Labute approximate surface area is 135 Å². The predicted molar refractivity (Wildman–Crippen MR) is 85.4 cm³/mol. The van der Waals surface area contributed by atoms with Crippen molar-refractivity contribution in [1.29, 1.82) is 0 Å². The summed E-state index contributed by atoms with van der Waals surface area (Å²) in [7, 11) is -1.83. The number of hydrogen-bond donors (Lipinski definition) is 1. The van der Waals surface area contributed by atoms with E-state index in [1.807, 2.05) is 13.0 Å². The van der Waals surface area contributed by atoms with Gasteiger partial charge in [0.05, 0.1) is 0 Å². The first-order valence-electron chi connectivity index (χ1n) is 7.49. The summed E-state index contributed by atoms with van der Waals surface area (Å²) in [5, 5.41) is 3.44. The molecule has 3 heterocycles. The smallest absolute Gasteiger partial charge is 0.277 e. The van der Waals surface area contributed by atoms with Crippen molar-refractivity contribution < 1.29 is 8.42 Å². The Hall–Kier alpha value is -2.00. The van der Waals surface area contributed by atoms with Crippen molar-refractivity contribution in [3.05, 3.63) is 30.5 Å². The molecule has 8 nitrogen and oxygen atoms in total. The van der Waals surface area contributed by atoms with Gasteiger partial charge in [0.1, 0.15) is 12.1 Å². The fourth-order valence-corrected chi connectivity index (χ4v) is 4.24. The molecule has 1 N–H and O–H groups in total. The molecule has 0 amide bonds. The number of aryl methyl sites for hydroxylation is 2. The van der Waals surface area contributed by atoms with Gasteiger partial charge in [0.2, 0.25) is 5.16 Å². The Morgan fingerprint density at radius 1 is 1.22 bits per heavy atom. The number of rotatable bonds is 4. The summed E-state index contributed by atoms with van der Waals surface area (Å²) in [6.45, 7) is 2.85. The Bertz CT molecular complexity index is 780. The molecule has 2 aromatic heterocycles. The fraction of sp³-hybridized carbons (Fsp3) is 0.500. The highest BCUT2D eigenvalue weighted by Gasteiger charge is 2.31. The summed E-state index contributed by atoms with van der Waals surface area (Å²) < 4.78 is 28.2. The maximum Gasteiger partial charge on any atom is 0.277 e. The molecule has 1 fully saturated rings. The first kappa shape index (κ1) is 15.9. The van der Waals surface area contributed by atoms with Crippen LogP contribution in [0.1, 0.15) is 18.5 Å². The normalized spacial score (nSPS) is 17.3. The van der Waals surface area contributed by atoms with E-state index in [0.29, 0.717) is 13.1 Å². The van der Waals surface area contributed by atoms with Crippen LogP contribution in [0.25, 0.3) is 0 Å². The summed E-state index contributed by atoms with van der Waals surface area (Å²) in [6.07, 6.45) is 6.12. The number of hydrogen-bond acceptors (Lipinski definition) is 6. The molecule has 23 heavy (non-hydrogen) atoms. The molecule has 0 radical (unpaired) electrons. The highest BCUT2D eigenvalue weighted by molar-refractivity contribution is 7.89. The van der Waals surface area contributed by atoms with E-state index in [1.54, 1.807) is 13.2 Å². The third kappa shape index (κ3) is 3.35. The lowest BCUT2D eigenvalue weighted by Crippen LogP contribution is -2.43. The molecule has 1 aliphatic heterocycles. The van der Waals surface area contributed by atoms with Gasteiger partial charge in [-0.1, -0.05) is 0 Å². The second-order valence-corrected chi connectivity index (χ2v) is 7.52. The zero-order valence-corrected chi connectivity index (χ0v) is 14.0. The zero-order chi connectivity index (χ0) is 16.4. The van der Waals surface area contributed by atoms with Gasteiger partial charge in [0.25, 0.3) is 10.0 Å². The minimum atomic E-state index is -3.52. The van der Waals surface area contributed by atoms with Gasteiger partial charge in [-0.05, 0) is 19.8 Å². The van der Waals surface area contributed by atoms with E-state index in [-0.39, 0.29) is 11.2 Å². The van der Waals surface area contributed by atoms with Crippen LogP contribution in [-0.2, 0) is 17.1 Å². The maximum atomic E-state index is 12.6. The predicted octanol–water partition coefficient (Wildman–Crippen LogP) is 0.784.